The Morgan fingerprint density at radius 2 is 1.89 bits per heavy atom. The first-order valence-electron chi connectivity index (χ1n) is 6.38. The molecule has 0 fully saturated rings. The van der Waals surface area contributed by atoms with Crippen molar-refractivity contribution in [1.82, 2.24) is 5.32 Å². The Morgan fingerprint density at radius 3 is 2.53 bits per heavy atom. The van der Waals surface area contributed by atoms with Crippen molar-refractivity contribution in [2.24, 2.45) is 5.73 Å². The fourth-order valence-electron chi connectivity index (χ4n) is 1.68. The monoisotopic (exact) mass is 264 g/mol. The molecule has 0 unspecified atom stereocenters. The van der Waals surface area contributed by atoms with Gasteiger partial charge < -0.3 is 16.2 Å². The van der Waals surface area contributed by atoms with Crippen LogP contribution in [0.3, 0.4) is 0 Å². The van der Waals surface area contributed by atoms with Crippen LogP contribution in [0.2, 0.25) is 0 Å². The third-order valence-electron chi connectivity index (χ3n) is 2.79. The average Bonchev–Trinajstić information content (AvgIpc) is 2.39. The Hall–Kier alpha value is -1.88. The molecule has 0 saturated carbocycles. The van der Waals surface area contributed by atoms with Gasteiger partial charge in [0.15, 0.2) is 0 Å². The number of carboxylic acid groups (broad SMARTS) is 1. The van der Waals surface area contributed by atoms with E-state index in [4.69, 9.17) is 10.8 Å². The van der Waals surface area contributed by atoms with Crippen LogP contribution >= 0.6 is 0 Å². The average molecular weight is 264 g/mol. The Bertz CT molecular complexity index is 406. The van der Waals surface area contributed by atoms with Crippen molar-refractivity contribution in [3.05, 3.63) is 35.9 Å². The highest BCUT2D eigenvalue weighted by Crippen LogP contribution is 2.00. The summed E-state index contributed by atoms with van der Waals surface area (Å²) in [6, 6.07) is 8.72. The third-order valence-corrected chi connectivity index (χ3v) is 2.79. The largest absolute Gasteiger partial charge is 0.480 e. The molecule has 5 heteroatoms. The number of unbranched alkanes of at least 4 members (excludes halogenated alkanes) is 1. The summed E-state index contributed by atoms with van der Waals surface area (Å²) in [6.45, 7) is 0.554. The van der Waals surface area contributed by atoms with Crippen LogP contribution in [0.25, 0.3) is 0 Å². The van der Waals surface area contributed by atoms with Crippen LogP contribution in [0, 0.1) is 0 Å². The lowest BCUT2D eigenvalue weighted by Crippen LogP contribution is -2.30. The van der Waals surface area contributed by atoms with Crippen LogP contribution in [-0.2, 0) is 16.0 Å². The summed E-state index contributed by atoms with van der Waals surface area (Å²) in [5.41, 5.74) is 6.35. The van der Waals surface area contributed by atoms with Gasteiger partial charge in [0, 0.05) is 6.54 Å². The van der Waals surface area contributed by atoms with Crippen LogP contribution < -0.4 is 11.1 Å². The van der Waals surface area contributed by atoms with E-state index in [9.17, 15) is 9.59 Å². The second-order valence-electron chi connectivity index (χ2n) is 4.45. The molecule has 104 valence electrons. The molecule has 1 rings (SSSR count). The fourth-order valence-corrected chi connectivity index (χ4v) is 1.68. The van der Waals surface area contributed by atoms with Gasteiger partial charge in [-0.3, -0.25) is 9.59 Å². The molecule has 0 aliphatic carbocycles. The minimum absolute atomic E-state index is 0.0197. The van der Waals surface area contributed by atoms with E-state index < -0.39 is 12.0 Å². The highest BCUT2D eigenvalue weighted by molar-refractivity contribution is 5.78. The van der Waals surface area contributed by atoms with Crippen LogP contribution in [0.5, 0.6) is 0 Å². The first-order chi connectivity index (χ1) is 9.09. The first-order valence-corrected chi connectivity index (χ1v) is 6.38. The molecule has 1 aromatic carbocycles. The molecule has 0 bridgehead atoms. The molecule has 19 heavy (non-hydrogen) atoms. The summed E-state index contributed by atoms with van der Waals surface area (Å²) in [6.07, 6.45) is 2.24. The zero-order valence-corrected chi connectivity index (χ0v) is 10.8. The van der Waals surface area contributed by atoms with Crippen molar-refractivity contribution in [2.45, 2.75) is 31.7 Å². The highest BCUT2D eigenvalue weighted by Gasteiger charge is 2.10. The van der Waals surface area contributed by atoms with E-state index in [0.717, 1.165) is 12.0 Å². The second-order valence-corrected chi connectivity index (χ2v) is 4.45. The maximum Gasteiger partial charge on any atom is 0.320 e. The lowest BCUT2D eigenvalue weighted by Gasteiger charge is -2.07. The van der Waals surface area contributed by atoms with E-state index in [1.165, 1.54) is 0 Å². The molecule has 0 radical (unpaired) electrons. The summed E-state index contributed by atoms with van der Waals surface area (Å²) in [4.78, 5) is 22.1. The number of benzene rings is 1. The van der Waals surface area contributed by atoms with Gasteiger partial charge in [0.25, 0.3) is 0 Å². The molecule has 0 aliphatic heterocycles. The molecule has 4 N–H and O–H groups in total. The molecular weight excluding hydrogens is 244 g/mol. The number of amides is 1. The Kier molecular flexibility index (Phi) is 6.60. The van der Waals surface area contributed by atoms with Gasteiger partial charge in [-0.25, -0.2) is 0 Å². The highest BCUT2D eigenvalue weighted by atomic mass is 16.4. The van der Waals surface area contributed by atoms with E-state index in [-0.39, 0.29) is 5.91 Å². The molecule has 0 aromatic heterocycles. The predicted molar refractivity (Wildman–Crippen MR) is 72.6 cm³/mol. The van der Waals surface area contributed by atoms with E-state index in [1.54, 1.807) is 0 Å². The summed E-state index contributed by atoms with van der Waals surface area (Å²) in [5, 5.41) is 11.4. The maximum atomic E-state index is 11.6. The lowest BCUT2D eigenvalue weighted by molar-refractivity contribution is -0.138. The molecule has 0 saturated heterocycles. The smallest absolute Gasteiger partial charge is 0.320 e. The van der Waals surface area contributed by atoms with Crippen LogP contribution in [0.15, 0.2) is 30.3 Å². The van der Waals surface area contributed by atoms with E-state index in [1.807, 2.05) is 30.3 Å². The van der Waals surface area contributed by atoms with E-state index in [2.05, 4.69) is 5.32 Å². The Balaban J connectivity index is 2.10. The lowest BCUT2D eigenvalue weighted by atomic mass is 10.1. The van der Waals surface area contributed by atoms with Crippen LogP contribution in [0.1, 0.15) is 24.8 Å². The van der Waals surface area contributed by atoms with E-state index >= 15 is 0 Å². The maximum absolute atomic E-state index is 11.6. The van der Waals surface area contributed by atoms with E-state index in [0.29, 0.717) is 25.8 Å². The number of aliphatic carboxylic acids is 1. The van der Waals surface area contributed by atoms with Gasteiger partial charge in [-0.05, 0) is 24.8 Å². The number of carbonyl (C=O) groups is 2. The van der Waals surface area contributed by atoms with Crippen LogP contribution in [0.4, 0.5) is 0 Å². The summed E-state index contributed by atoms with van der Waals surface area (Å²) in [5.74, 6) is -0.998. The number of carboxylic acids is 1. The third kappa shape index (κ3) is 6.57. The Morgan fingerprint density at radius 1 is 1.21 bits per heavy atom. The van der Waals surface area contributed by atoms with Crippen molar-refractivity contribution < 1.29 is 14.7 Å². The van der Waals surface area contributed by atoms with Crippen LogP contribution in [-0.4, -0.2) is 29.6 Å². The van der Waals surface area contributed by atoms with Gasteiger partial charge >= 0.3 is 5.97 Å². The standard InChI is InChI=1S/C14H20N2O3/c15-12(14(18)19)8-4-5-9-16-13(17)10-11-6-2-1-3-7-11/h1-3,6-7,12H,4-5,8-10,15H2,(H,16,17)(H,18,19)/t12-/m0/s1. The molecule has 1 atom stereocenters. The predicted octanol–water partition coefficient (Wildman–Crippen LogP) is 0.927. The zero-order chi connectivity index (χ0) is 14.1. The van der Waals surface area contributed by atoms with Gasteiger partial charge in [0.1, 0.15) is 6.04 Å². The normalized spacial score (nSPS) is 11.8. The number of carbonyl (C=O) groups excluding carboxylic acids is 1. The SMILES string of the molecule is N[C@@H](CCCCNC(=O)Cc1ccccc1)C(=O)O. The zero-order valence-electron chi connectivity index (χ0n) is 10.8. The Labute approximate surface area is 112 Å². The molecule has 1 amide bonds. The number of rotatable bonds is 8. The number of hydrogen-bond acceptors (Lipinski definition) is 3. The second kappa shape index (κ2) is 8.26. The minimum Gasteiger partial charge on any atom is -0.480 e. The minimum atomic E-state index is -0.979. The van der Waals surface area contributed by atoms with Crippen molar-refractivity contribution >= 4 is 11.9 Å². The fraction of sp³-hybridized carbons (Fsp3) is 0.429. The molecular formula is C14H20N2O3. The topological polar surface area (TPSA) is 92.4 Å². The van der Waals surface area contributed by atoms with Gasteiger partial charge in [-0.1, -0.05) is 30.3 Å². The molecule has 0 spiro atoms. The summed E-state index contributed by atoms with van der Waals surface area (Å²) >= 11 is 0. The molecule has 0 heterocycles. The van der Waals surface area contributed by atoms with Crippen molar-refractivity contribution in [2.75, 3.05) is 6.54 Å². The van der Waals surface area contributed by atoms with Crippen molar-refractivity contribution in [1.29, 1.82) is 0 Å². The number of nitrogens with two attached hydrogens (primary N) is 1. The van der Waals surface area contributed by atoms with Crippen molar-refractivity contribution in [3.63, 3.8) is 0 Å². The number of nitrogens with one attached hydrogen (secondary N) is 1. The quantitative estimate of drug-likeness (QED) is 0.609. The molecule has 1 aromatic rings. The van der Waals surface area contributed by atoms with Gasteiger partial charge in [0.2, 0.25) is 5.91 Å². The van der Waals surface area contributed by atoms with Gasteiger partial charge in [-0.15, -0.1) is 0 Å². The first kappa shape index (κ1) is 15.2. The molecule has 5 nitrogen and oxygen atoms in total. The number of hydrogen-bond donors (Lipinski definition) is 3. The molecule has 0 aliphatic rings. The summed E-state index contributed by atoms with van der Waals surface area (Å²) in [7, 11) is 0. The van der Waals surface area contributed by atoms with Gasteiger partial charge in [-0.2, -0.15) is 0 Å². The summed E-state index contributed by atoms with van der Waals surface area (Å²) < 4.78 is 0. The van der Waals surface area contributed by atoms with Gasteiger partial charge in [0.05, 0.1) is 6.42 Å². The van der Waals surface area contributed by atoms with Crippen molar-refractivity contribution in [3.8, 4) is 0 Å².